The van der Waals surface area contributed by atoms with Gasteiger partial charge in [-0.2, -0.15) is 0 Å². The summed E-state index contributed by atoms with van der Waals surface area (Å²) in [6.45, 7) is 3.98. The van der Waals surface area contributed by atoms with Crippen molar-refractivity contribution in [2.24, 2.45) is 17.8 Å². The second-order valence-corrected chi connectivity index (χ2v) is 8.26. The van der Waals surface area contributed by atoms with E-state index in [1.807, 2.05) is 6.08 Å². The highest BCUT2D eigenvalue weighted by Crippen LogP contribution is 2.43. The fourth-order valence-electron chi connectivity index (χ4n) is 3.70. The highest BCUT2D eigenvalue weighted by molar-refractivity contribution is 6.21. The van der Waals surface area contributed by atoms with Gasteiger partial charge < -0.3 is 15.3 Å². The van der Waals surface area contributed by atoms with Crippen LogP contribution in [-0.4, -0.2) is 38.9 Å². The SMILES string of the molecule is CC(O)CCC[C@H](O)/C=C/C1[C@@H](C/C=C\CCCC(=O)O)C(Cl)C[C@H]1C. The molecule has 1 fully saturated rings. The van der Waals surface area contributed by atoms with Crippen LogP contribution in [0.5, 0.6) is 0 Å². The average molecular weight is 387 g/mol. The Hall–Kier alpha value is -0.840. The minimum Gasteiger partial charge on any atom is -0.481 e. The average Bonchev–Trinajstić information content (AvgIpc) is 2.81. The molecule has 0 aromatic heterocycles. The zero-order valence-electron chi connectivity index (χ0n) is 16.1. The molecular weight excluding hydrogens is 352 g/mol. The standard InChI is InChI=1S/C21H35ClO4/c1-15-14-20(22)19(10-5-3-4-6-11-21(25)26)18(15)13-12-17(24)9-7-8-16(2)23/h3,5,12-13,15-20,23-24H,4,6-11,14H2,1-2H3,(H,25,26)/b5-3-,13-12+/t15-,16?,17+,18?,19-,20?/m1/s1. The van der Waals surface area contributed by atoms with Crippen LogP contribution in [0.1, 0.15) is 65.2 Å². The lowest BCUT2D eigenvalue weighted by Crippen LogP contribution is -2.15. The van der Waals surface area contributed by atoms with E-state index in [9.17, 15) is 15.0 Å². The molecular formula is C21H35ClO4. The summed E-state index contributed by atoms with van der Waals surface area (Å²) in [6, 6.07) is 0. The van der Waals surface area contributed by atoms with Crippen LogP contribution in [0.4, 0.5) is 0 Å². The van der Waals surface area contributed by atoms with Crippen LogP contribution in [0.3, 0.4) is 0 Å². The smallest absolute Gasteiger partial charge is 0.303 e. The van der Waals surface area contributed by atoms with E-state index >= 15 is 0 Å². The van der Waals surface area contributed by atoms with E-state index in [1.165, 1.54) is 0 Å². The van der Waals surface area contributed by atoms with Crippen molar-refractivity contribution in [2.45, 2.75) is 82.8 Å². The Morgan fingerprint density at radius 3 is 2.62 bits per heavy atom. The number of carboxylic acid groups (broad SMARTS) is 1. The number of aliphatic carboxylic acids is 1. The number of allylic oxidation sites excluding steroid dienone is 3. The molecule has 0 heterocycles. The number of alkyl halides is 1. The summed E-state index contributed by atoms with van der Waals surface area (Å²) >= 11 is 6.55. The molecule has 5 heteroatoms. The second-order valence-electron chi connectivity index (χ2n) is 7.70. The van der Waals surface area contributed by atoms with Crippen molar-refractivity contribution < 1.29 is 20.1 Å². The number of aliphatic hydroxyl groups is 2. The first-order chi connectivity index (χ1) is 12.3. The van der Waals surface area contributed by atoms with Gasteiger partial charge in [-0.15, -0.1) is 11.6 Å². The van der Waals surface area contributed by atoms with Gasteiger partial charge in [0.1, 0.15) is 0 Å². The molecule has 0 bridgehead atoms. The van der Waals surface area contributed by atoms with Crippen molar-refractivity contribution in [1.29, 1.82) is 0 Å². The lowest BCUT2D eigenvalue weighted by Gasteiger charge is -2.20. The molecule has 0 spiro atoms. The first-order valence-electron chi connectivity index (χ1n) is 9.86. The first-order valence-corrected chi connectivity index (χ1v) is 10.3. The first kappa shape index (κ1) is 23.2. The maximum Gasteiger partial charge on any atom is 0.303 e. The molecule has 1 aliphatic carbocycles. The highest BCUT2D eigenvalue weighted by atomic mass is 35.5. The van der Waals surface area contributed by atoms with Crippen molar-refractivity contribution in [3.05, 3.63) is 24.3 Å². The number of carbonyl (C=O) groups is 1. The lowest BCUT2D eigenvalue weighted by atomic mass is 9.87. The predicted molar refractivity (Wildman–Crippen MR) is 106 cm³/mol. The van der Waals surface area contributed by atoms with Gasteiger partial charge in [0.25, 0.3) is 0 Å². The van der Waals surface area contributed by atoms with Gasteiger partial charge in [0.2, 0.25) is 0 Å². The van der Waals surface area contributed by atoms with Crippen molar-refractivity contribution in [3.63, 3.8) is 0 Å². The number of halogens is 1. The Balaban J connectivity index is 2.46. The molecule has 0 radical (unpaired) electrons. The highest BCUT2D eigenvalue weighted by Gasteiger charge is 2.37. The van der Waals surface area contributed by atoms with E-state index in [0.717, 1.165) is 25.7 Å². The largest absolute Gasteiger partial charge is 0.481 e. The lowest BCUT2D eigenvalue weighted by molar-refractivity contribution is -0.137. The Kier molecular flexibility index (Phi) is 11.2. The van der Waals surface area contributed by atoms with Gasteiger partial charge in [0.05, 0.1) is 12.2 Å². The monoisotopic (exact) mass is 386 g/mol. The summed E-state index contributed by atoms with van der Waals surface area (Å²) in [4.78, 5) is 10.5. The van der Waals surface area contributed by atoms with Gasteiger partial charge in [0, 0.05) is 11.8 Å². The van der Waals surface area contributed by atoms with Crippen LogP contribution in [0.15, 0.2) is 24.3 Å². The molecule has 26 heavy (non-hydrogen) atoms. The quantitative estimate of drug-likeness (QED) is 0.261. The maximum absolute atomic E-state index is 10.5. The van der Waals surface area contributed by atoms with Crippen LogP contribution in [-0.2, 0) is 4.79 Å². The van der Waals surface area contributed by atoms with Crippen molar-refractivity contribution in [2.75, 3.05) is 0 Å². The normalized spacial score (nSPS) is 28.8. The third kappa shape index (κ3) is 9.20. The molecule has 0 aliphatic heterocycles. The molecule has 3 unspecified atom stereocenters. The fraction of sp³-hybridized carbons (Fsp3) is 0.762. The topological polar surface area (TPSA) is 77.8 Å². The summed E-state index contributed by atoms with van der Waals surface area (Å²) in [5.41, 5.74) is 0. The third-order valence-corrected chi connectivity index (χ3v) is 5.73. The van der Waals surface area contributed by atoms with E-state index in [0.29, 0.717) is 37.0 Å². The number of hydrogen-bond donors (Lipinski definition) is 3. The van der Waals surface area contributed by atoms with Gasteiger partial charge >= 0.3 is 5.97 Å². The molecule has 6 atom stereocenters. The number of aliphatic hydroxyl groups excluding tert-OH is 2. The molecule has 0 amide bonds. The minimum atomic E-state index is -0.749. The van der Waals surface area contributed by atoms with E-state index in [4.69, 9.17) is 16.7 Å². The summed E-state index contributed by atoms with van der Waals surface area (Å²) in [6.07, 6.45) is 13.1. The van der Waals surface area contributed by atoms with Crippen LogP contribution >= 0.6 is 11.6 Å². The van der Waals surface area contributed by atoms with Crippen LogP contribution < -0.4 is 0 Å². The van der Waals surface area contributed by atoms with E-state index in [2.05, 4.69) is 25.2 Å². The number of carboxylic acids is 1. The zero-order valence-corrected chi connectivity index (χ0v) is 16.8. The van der Waals surface area contributed by atoms with Crippen LogP contribution in [0.2, 0.25) is 0 Å². The Morgan fingerprint density at radius 1 is 1.23 bits per heavy atom. The second kappa shape index (κ2) is 12.5. The van der Waals surface area contributed by atoms with E-state index < -0.39 is 12.1 Å². The molecule has 3 N–H and O–H groups in total. The number of hydrogen-bond acceptors (Lipinski definition) is 3. The molecule has 1 rings (SSSR count). The van der Waals surface area contributed by atoms with Crippen molar-refractivity contribution >= 4 is 17.6 Å². The van der Waals surface area contributed by atoms with Crippen LogP contribution in [0.25, 0.3) is 0 Å². The van der Waals surface area contributed by atoms with Gasteiger partial charge in [-0.3, -0.25) is 4.79 Å². The summed E-state index contributed by atoms with van der Waals surface area (Å²) < 4.78 is 0. The Bertz CT molecular complexity index is 461. The summed E-state index contributed by atoms with van der Waals surface area (Å²) in [7, 11) is 0. The van der Waals surface area contributed by atoms with Gasteiger partial charge in [0.15, 0.2) is 0 Å². The molecule has 4 nitrogen and oxygen atoms in total. The molecule has 0 aromatic rings. The predicted octanol–water partition coefficient (Wildman–Crippen LogP) is 4.54. The Labute approximate surface area is 163 Å². The molecule has 150 valence electrons. The molecule has 1 saturated carbocycles. The maximum atomic E-state index is 10.5. The van der Waals surface area contributed by atoms with Crippen molar-refractivity contribution in [3.8, 4) is 0 Å². The van der Waals surface area contributed by atoms with E-state index in [1.54, 1.807) is 6.92 Å². The summed E-state index contributed by atoms with van der Waals surface area (Å²) in [5, 5.41) is 28.2. The minimum absolute atomic E-state index is 0.135. The molecule has 1 aliphatic rings. The molecule has 0 saturated heterocycles. The van der Waals surface area contributed by atoms with E-state index in [-0.39, 0.29) is 17.9 Å². The fourth-order valence-corrected chi connectivity index (χ4v) is 4.26. The molecule has 0 aromatic carbocycles. The van der Waals surface area contributed by atoms with Crippen LogP contribution in [0, 0.1) is 17.8 Å². The number of unbranched alkanes of at least 4 members (excludes halogenated alkanes) is 1. The zero-order chi connectivity index (χ0) is 19.5. The third-order valence-electron chi connectivity index (χ3n) is 5.23. The Morgan fingerprint density at radius 2 is 1.96 bits per heavy atom. The van der Waals surface area contributed by atoms with Crippen molar-refractivity contribution in [1.82, 2.24) is 0 Å². The number of rotatable bonds is 12. The van der Waals surface area contributed by atoms with Gasteiger partial charge in [-0.1, -0.05) is 31.2 Å². The van der Waals surface area contributed by atoms with Gasteiger partial charge in [-0.05, 0) is 69.6 Å². The van der Waals surface area contributed by atoms with Gasteiger partial charge in [-0.25, -0.2) is 0 Å². The summed E-state index contributed by atoms with van der Waals surface area (Å²) in [5.74, 6) is 0.445.